The molecule has 0 bridgehead atoms. The van der Waals surface area contributed by atoms with Crippen LogP contribution in [0.5, 0.6) is 0 Å². The van der Waals surface area contributed by atoms with Crippen LogP contribution in [0.3, 0.4) is 0 Å². The van der Waals surface area contributed by atoms with Crippen LogP contribution in [0.4, 0.5) is 0 Å². The fourth-order valence-corrected chi connectivity index (χ4v) is 2.66. The second kappa shape index (κ2) is 7.18. The smallest absolute Gasteiger partial charge is 0.254 e. The third-order valence-electron chi connectivity index (χ3n) is 3.83. The van der Waals surface area contributed by atoms with Gasteiger partial charge in [-0.3, -0.25) is 9.78 Å². The van der Waals surface area contributed by atoms with Gasteiger partial charge in [-0.2, -0.15) is 0 Å². The molecule has 4 heteroatoms. The molecule has 1 aromatic carbocycles. The molecule has 0 saturated carbocycles. The van der Waals surface area contributed by atoms with Crippen LogP contribution in [0.1, 0.15) is 37.0 Å². The number of hydrogen-bond donors (Lipinski definition) is 1. The number of nitrogens with zero attached hydrogens (tertiary/aromatic N) is 2. The molecule has 0 atom stereocenters. The molecule has 0 spiro atoms. The lowest BCUT2D eigenvalue weighted by Crippen LogP contribution is -2.41. The molecule has 0 radical (unpaired) electrons. The Morgan fingerprint density at radius 3 is 2.71 bits per heavy atom. The van der Waals surface area contributed by atoms with Crippen molar-refractivity contribution in [3.05, 3.63) is 42.1 Å². The van der Waals surface area contributed by atoms with Crippen molar-refractivity contribution in [2.75, 3.05) is 13.2 Å². The van der Waals surface area contributed by atoms with Crippen molar-refractivity contribution < 1.29 is 9.90 Å². The summed E-state index contributed by atoms with van der Waals surface area (Å²) in [6, 6.07) is 9.53. The van der Waals surface area contributed by atoms with Gasteiger partial charge in [0.2, 0.25) is 0 Å². The molecule has 0 saturated heterocycles. The SMILES string of the molecule is CCC(CC)N(CCO)C(=O)c1ccc2ncccc2c1. The van der Waals surface area contributed by atoms with Gasteiger partial charge in [0.15, 0.2) is 0 Å². The molecule has 0 aliphatic heterocycles. The summed E-state index contributed by atoms with van der Waals surface area (Å²) in [5, 5.41) is 10.2. The lowest BCUT2D eigenvalue weighted by atomic mass is 10.1. The van der Waals surface area contributed by atoms with E-state index < -0.39 is 0 Å². The lowest BCUT2D eigenvalue weighted by molar-refractivity contribution is 0.0622. The zero-order chi connectivity index (χ0) is 15.2. The minimum absolute atomic E-state index is 0.0165. The van der Waals surface area contributed by atoms with Crippen molar-refractivity contribution >= 4 is 16.8 Å². The molecule has 1 heterocycles. The molecule has 1 aromatic heterocycles. The maximum Gasteiger partial charge on any atom is 0.254 e. The Balaban J connectivity index is 2.33. The van der Waals surface area contributed by atoms with Crippen LogP contribution in [-0.4, -0.2) is 40.1 Å². The second-order valence-electron chi connectivity index (χ2n) is 5.10. The van der Waals surface area contributed by atoms with Crippen LogP contribution >= 0.6 is 0 Å². The maximum absolute atomic E-state index is 12.7. The number of amides is 1. The number of hydrogen-bond acceptors (Lipinski definition) is 3. The van der Waals surface area contributed by atoms with E-state index in [0.29, 0.717) is 12.1 Å². The van der Waals surface area contributed by atoms with Crippen LogP contribution in [0.15, 0.2) is 36.5 Å². The number of fused-ring (bicyclic) bond motifs is 1. The van der Waals surface area contributed by atoms with E-state index >= 15 is 0 Å². The molecular formula is C17H22N2O2. The summed E-state index contributed by atoms with van der Waals surface area (Å²) < 4.78 is 0. The first-order chi connectivity index (χ1) is 10.2. The number of carbonyl (C=O) groups is 1. The first kappa shape index (κ1) is 15.4. The molecule has 0 aliphatic carbocycles. The normalized spacial score (nSPS) is 11.0. The molecule has 4 nitrogen and oxygen atoms in total. The minimum atomic E-state index is -0.0245. The van der Waals surface area contributed by atoms with Crippen LogP contribution in [0.2, 0.25) is 0 Å². The molecule has 112 valence electrons. The van der Waals surface area contributed by atoms with E-state index in [0.717, 1.165) is 23.7 Å². The molecular weight excluding hydrogens is 264 g/mol. The Kier molecular flexibility index (Phi) is 5.28. The van der Waals surface area contributed by atoms with E-state index in [4.69, 9.17) is 0 Å². The van der Waals surface area contributed by atoms with Gasteiger partial charge in [0.1, 0.15) is 0 Å². The summed E-state index contributed by atoms with van der Waals surface area (Å²) in [7, 11) is 0. The highest BCUT2D eigenvalue weighted by atomic mass is 16.3. The number of benzene rings is 1. The molecule has 0 fully saturated rings. The van der Waals surface area contributed by atoms with Gasteiger partial charge in [-0.15, -0.1) is 0 Å². The Bertz CT molecular complexity index is 609. The number of pyridine rings is 1. The van der Waals surface area contributed by atoms with Crippen molar-refractivity contribution in [2.45, 2.75) is 32.7 Å². The quantitative estimate of drug-likeness (QED) is 0.888. The predicted octanol–water partition coefficient (Wildman–Crippen LogP) is 2.86. The number of carbonyl (C=O) groups excluding carboxylic acids is 1. The highest BCUT2D eigenvalue weighted by molar-refractivity contribution is 5.98. The molecule has 0 unspecified atom stereocenters. The number of aromatic nitrogens is 1. The van der Waals surface area contributed by atoms with Gasteiger partial charge in [-0.1, -0.05) is 19.9 Å². The van der Waals surface area contributed by atoms with Gasteiger partial charge in [-0.05, 0) is 37.1 Å². The third kappa shape index (κ3) is 3.39. The average Bonchev–Trinajstić information content (AvgIpc) is 2.54. The highest BCUT2D eigenvalue weighted by Crippen LogP contribution is 2.17. The molecule has 2 rings (SSSR count). The summed E-state index contributed by atoms with van der Waals surface area (Å²) in [6.45, 7) is 4.49. The van der Waals surface area contributed by atoms with Gasteiger partial charge < -0.3 is 10.0 Å². The van der Waals surface area contributed by atoms with Gasteiger partial charge >= 0.3 is 0 Å². The molecule has 0 aliphatic rings. The summed E-state index contributed by atoms with van der Waals surface area (Å²) in [4.78, 5) is 18.8. The largest absolute Gasteiger partial charge is 0.395 e. The van der Waals surface area contributed by atoms with Gasteiger partial charge in [-0.25, -0.2) is 0 Å². The standard InChI is InChI=1S/C17H22N2O2/c1-3-15(4-2)19(10-11-20)17(21)14-7-8-16-13(12-14)6-5-9-18-16/h5-9,12,15,20H,3-4,10-11H2,1-2H3. The summed E-state index contributed by atoms with van der Waals surface area (Å²) in [6.07, 6.45) is 3.51. The average molecular weight is 286 g/mol. The van der Waals surface area contributed by atoms with Gasteiger partial charge in [0.25, 0.3) is 5.91 Å². The summed E-state index contributed by atoms with van der Waals surface area (Å²) in [5.41, 5.74) is 1.53. The summed E-state index contributed by atoms with van der Waals surface area (Å²) in [5.74, 6) is -0.0245. The lowest BCUT2D eigenvalue weighted by Gasteiger charge is -2.30. The van der Waals surface area contributed by atoms with E-state index in [2.05, 4.69) is 18.8 Å². The van der Waals surface area contributed by atoms with E-state index in [1.807, 2.05) is 30.3 Å². The number of aliphatic hydroxyl groups excluding tert-OH is 1. The van der Waals surface area contributed by atoms with Crippen LogP contribution in [0, 0.1) is 0 Å². The van der Waals surface area contributed by atoms with Crippen molar-refractivity contribution in [2.24, 2.45) is 0 Å². The van der Waals surface area contributed by atoms with E-state index in [1.54, 1.807) is 11.1 Å². The van der Waals surface area contributed by atoms with E-state index in [1.165, 1.54) is 0 Å². The van der Waals surface area contributed by atoms with Crippen molar-refractivity contribution in [3.63, 3.8) is 0 Å². The maximum atomic E-state index is 12.7. The number of rotatable bonds is 6. The Morgan fingerprint density at radius 1 is 1.29 bits per heavy atom. The fraction of sp³-hybridized carbons (Fsp3) is 0.412. The van der Waals surface area contributed by atoms with E-state index in [-0.39, 0.29) is 18.6 Å². The third-order valence-corrected chi connectivity index (χ3v) is 3.83. The first-order valence-corrected chi connectivity index (χ1v) is 7.47. The van der Waals surface area contributed by atoms with Crippen molar-refractivity contribution in [1.29, 1.82) is 0 Å². The highest BCUT2D eigenvalue weighted by Gasteiger charge is 2.22. The topological polar surface area (TPSA) is 53.4 Å². The van der Waals surface area contributed by atoms with Gasteiger partial charge in [0.05, 0.1) is 12.1 Å². The zero-order valence-electron chi connectivity index (χ0n) is 12.6. The molecule has 21 heavy (non-hydrogen) atoms. The Morgan fingerprint density at radius 2 is 2.05 bits per heavy atom. The van der Waals surface area contributed by atoms with Crippen LogP contribution in [-0.2, 0) is 0 Å². The fourth-order valence-electron chi connectivity index (χ4n) is 2.66. The van der Waals surface area contributed by atoms with Crippen molar-refractivity contribution in [1.82, 2.24) is 9.88 Å². The van der Waals surface area contributed by atoms with Crippen LogP contribution in [0.25, 0.3) is 10.9 Å². The predicted molar refractivity (Wildman–Crippen MR) is 84.2 cm³/mol. The molecule has 1 amide bonds. The second-order valence-corrected chi connectivity index (χ2v) is 5.10. The summed E-state index contributed by atoms with van der Waals surface area (Å²) >= 11 is 0. The Labute approximate surface area is 125 Å². The van der Waals surface area contributed by atoms with E-state index in [9.17, 15) is 9.90 Å². The molecule has 2 aromatic rings. The zero-order valence-corrected chi connectivity index (χ0v) is 12.6. The molecule has 1 N–H and O–H groups in total. The number of aliphatic hydroxyl groups is 1. The minimum Gasteiger partial charge on any atom is -0.395 e. The Hall–Kier alpha value is -1.94. The van der Waals surface area contributed by atoms with Crippen LogP contribution < -0.4 is 0 Å². The monoisotopic (exact) mass is 286 g/mol. The van der Waals surface area contributed by atoms with Crippen molar-refractivity contribution in [3.8, 4) is 0 Å². The first-order valence-electron chi connectivity index (χ1n) is 7.47. The van der Waals surface area contributed by atoms with Gasteiger partial charge in [0, 0.05) is 29.7 Å².